The number of carbonyl (C=O) groups excluding carboxylic acids is 2. The van der Waals surface area contributed by atoms with Gasteiger partial charge in [0.25, 0.3) is 0 Å². The van der Waals surface area contributed by atoms with Crippen molar-refractivity contribution < 1.29 is 22.8 Å². The Labute approximate surface area is 220 Å². The van der Waals surface area contributed by atoms with E-state index < -0.39 is 29.2 Å². The summed E-state index contributed by atoms with van der Waals surface area (Å²) >= 11 is 0. The van der Waals surface area contributed by atoms with E-state index in [-0.39, 0.29) is 18.7 Å². The van der Waals surface area contributed by atoms with Gasteiger partial charge in [-0.2, -0.15) is 18.4 Å². The van der Waals surface area contributed by atoms with Gasteiger partial charge in [-0.1, -0.05) is 67.4 Å². The third-order valence-electron chi connectivity index (χ3n) is 6.68. The normalized spacial score (nSPS) is 15.3. The van der Waals surface area contributed by atoms with Crippen LogP contribution in [0.3, 0.4) is 0 Å². The smallest absolute Gasteiger partial charge is 0.320 e. The van der Waals surface area contributed by atoms with E-state index in [0.717, 1.165) is 53.0 Å². The van der Waals surface area contributed by atoms with Crippen LogP contribution in [0.5, 0.6) is 0 Å². The average molecular weight is 520 g/mol. The number of carbonyl (C=O) groups is 2. The fourth-order valence-corrected chi connectivity index (χ4v) is 4.70. The van der Waals surface area contributed by atoms with Gasteiger partial charge in [-0.25, -0.2) is 9.69 Å². The van der Waals surface area contributed by atoms with Crippen molar-refractivity contribution in [3.05, 3.63) is 101 Å². The first-order valence-corrected chi connectivity index (χ1v) is 12.6. The summed E-state index contributed by atoms with van der Waals surface area (Å²) in [5, 5.41) is 9.17. The number of rotatable bonds is 5. The molecule has 0 unspecified atom stereocenters. The van der Waals surface area contributed by atoms with Gasteiger partial charge in [0.15, 0.2) is 0 Å². The first-order chi connectivity index (χ1) is 18.3. The van der Waals surface area contributed by atoms with Crippen LogP contribution in [0.25, 0.3) is 0 Å². The van der Waals surface area contributed by atoms with Crippen LogP contribution in [0.15, 0.2) is 72.8 Å². The molecule has 0 radical (unpaired) electrons. The SMILES string of the molecule is N#Cc1ccc(N2C(=O)CCCCCCN(Cc3ccccc3Cc3ccccc3)C2=O)cc1C(F)(F)F. The van der Waals surface area contributed by atoms with Crippen LogP contribution in [0.2, 0.25) is 0 Å². The Kier molecular flexibility index (Phi) is 8.47. The summed E-state index contributed by atoms with van der Waals surface area (Å²) in [5.41, 5.74) is 1.13. The standard InChI is InChI=1S/C30H28F3N3O2/c31-30(32,33)27-19-26(16-15-24(27)20-34)36-28(37)14-6-1-2-9-17-35(29(36)38)21-25-13-8-7-12-23(25)18-22-10-4-3-5-11-22/h3-5,7-8,10-13,15-16,19H,1-2,6,9,14,17-18,21H2. The third kappa shape index (κ3) is 6.41. The van der Waals surface area contributed by atoms with E-state index in [9.17, 15) is 22.8 Å². The zero-order valence-corrected chi connectivity index (χ0v) is 20.9. The van der Waals surface area contributed by atoms with Crippen molar-refractivity contribution in [1.29, 1.82) is 5.26 Å². The molecule has 1 aliphatic heterocycles. The molecule has 8 heteroatoms. The van der Waals surface area contributed by atoms with Crippen LogP contribution in [0.1, 0.15) is 59.9 Å². The Morgan fingerprint density at radius 1 is 0.842 bits per heavy atom. The maximum Gasteiger partial charge on any atom is 0.417 e. The average Bonchev–Trinajstić information content (AvgIpc) is 2.90. The zero-order chi connectivity index (χ0) is 27.1. The topological polar surface area (TPSA) is 64.4 Å². The van der Waals surface area contributed by atoms with Gasteiger partial charge in [0.05, 0.1) is 22.9 Å². The molecule has 0 aromatic heterocycles. The minimum absolute atomic E-state index is 0.0471. The molecule has 5 nitrogen and oxygen atoms in total. The molecule has 0 spiro atoms. The van der Waals surface area contributed by atoms with E-state index in [2.05, 4.69) is 0 Å². The van der Waals surface area contributed by atoms with Crippen LogP contribution in [0.4, 0.5) is 23.7 Å². The molecule has 1 saturated heterocycles. The second kappa shape index (κ2) is 12.0. The Hall–Kier alpha value is -4.12. The van der Waals surface area contributed by atoms with Crippen molar-refractivity contribution in [2.45, 2.75) is 51.2 Å². The predicted molar refractivity (Wildman–Crippen MR) is 138 cm³/mol. The van der Waals surface area contributed by atoms with E-state index in [4.69, 9.17) is 5.26 Å². The van der Waals surface area contributed by atoms with E-state index in [1.807, 2.05) is 54.6 Å². The van der Waals surface area contributed by atoms with Crippen LogP contribution in [-0.4, -0.2) is 23.4 Å². The number of alkyl halides is 3. The number of hydrogen-bond donors (Lipinski definition) is 0. The Bertz CT molecular complexity index is 1330. The van der Waals surface area contributed by atoms with Gasteiger partial charge in [0.1, 0.15) is 0 Å². The quantitative estimate of drug-likeness (QED) is 0.362. The largest absolute Gasteiger partial charge is 0.417 e. The van der Waals surface area contributed by atoms with Gasteiger partial charge in [0.2, 0.25) is 5.91 Å². The van der Waals surface area contributed by atoms with E-state index in [0.29, 0.717) is 19.4 Å². The maximum atomic E-state index is 13.8. The van der Waals surface area contributed by atoms with Gasteiger partial charge in [-0.05, 0) is 54.2 Å². The lowest BCUT2D eigenvalue weighted by atomic mass is 9.99. The fraction of sp³-hybridized carbons (Fsp3) is 0.300. The summed E-state index contributed by atoms with van der Waals surface area (Å²) in [7, 11) is 0. The van der Waals surface area contributed by atoms with Gasteiger partial charge in [0, 0.05) is 19.5 Å². The monoisotopic (exact) mass is 519 g/mol. The third-order valence-corrected chi connectivity index (χ3v) is 6.68. The minimum atomic E-state index is -4.81. The van der Waals surface area contributed by atoms with Gasteiger partial charge < -0.3 is 4.90 Å². The van der Waals surface area contributed by atoms with Crippen molar-refractivity contribution in [2.75, 3.05) is 11.4 Å². The molecule has 0 N–H and O–H groups in total. The fourth-order valence-electron chi connectivity index (χ4n) is 4.70. The highest BCUT2D eigenvalue weighted by Gasteiger charge is 2.36. The molecule has 196 valence electrons. The predicted octanol–water partition coefficient (Wildman–Crippen LogP) is 7.09. The van der Waals surface area contributed by atoms with Crippen molar-refractivity contribution >= 4 is 17.6 Å². The number of imide groups is 1. The molecule has 1 heterocycles. The summed E-state index contributed by atoms with van der Waals surface area (Å²) in [5.74, 6) is -0.558. The number of hydrogen-bond acceptors (Lipinski definition) is 3. The molecule has 0 atom stereocenters. The van der Waals surface area contributed by atoms with E-state index in [1.165, 1.54) is 6.07 Å². The molecule has 3 amide bonds. The van der Waals surface area contributed by atoms with E-state index >= 15 is 0 Å². The van der Waals surface area contributed by atoms with Gasteiger partial charge >= 0.3 is 12.2 Å². The summed E-state index contributed by atoms with van der Waals surface area (Å²) < 4.78 is 41.0. The molecule has 1 fully saturated rings. The summed E-state index contributed by atoms with van der Waals surface area (Å²) in [6, 6.07) is 21.5. The number of halogens is 3. The van der Waals surface area contributed by atoms with Crippen LogP contribution in [0, 0.1) is 11.3 Å². The highest BCUT2D eigenvalue weighted by atomic mass is 19.4. The number of nitriles is 1. The molecule has 0 bridgehead atoms. The maximum absolute atomic E-state index is 13.8. The van der Waals surface area contributed by atoms with Crippen molar-refractivity contribution in [1.82, 2.24) is 4.90 Å². The van der Waals surface area contributed by atoms with Crippen LogP contribution in [-0.2, 0) is 23.9 Å². The van der Waals surface area contributed by atoms with E-state index in [1.54, 1.807) is 11.0 Å². The Balaban J connectivity index is 1.70. The lowest BCUT2D eigenvalue weighted by Crippen LogP contribution is -2.47. The van der Waals surface area contributed by atoms with Gasteiger partial charge in [-0.15, -0.1) is 0 Å². The highest BCUT2D eigenvalue weighted by Crippen LogP contribution is 2.35. The first kappa shape index (κ1) is 26.9. The molecule has 0 saturated carbocycles. The molecular formula is C30H28F3N3O2. The van der Waals surface area contributed by atoms with Crippen molar-refractivity contribution in [2.24, 2.45) is 0 Å². The summed E-state index contributed by atoms with van der Waals surface area (Å²) in [6.07, 6.45) is -1.20. The van der Waals surface area contributed by atoms with Crippen LogP contribution < -0.4 is 4.90 Å². The lowest BCUT2D eigenvalue weighted by molar-refractivity contribution is -0.137. The number of anilines is 1. The molecule has 0 aliphatic carbocycles. The van der Waals surface area contributed by atoms with Crippen molar-refractivity contribution in [3.8, 4) is 6.07 Å². The zero-order valence-electron chi connectivity index (χ0n) is 20.9. The Morgan fingerprint density at radius 3 is 2.24 bits per heavy atom. The molecular weight excluding hydrogens is 491 g/mol. The highest BCUT2D eigenvalue weighted by molar-refractivity contribution is 6.14. The molecule has 3 aromatic rings. The minimum Gasteiger partial charge on any atom is -0.320 e. The first-order valence-electron chi connectivity index (χ1n) is 12.6. The number of urea groups is 1. The lowest BCUT2D eigenvalue weighted by Gasteiger charge is -2.31. The number of benzene rings is 3. The van der Waals surface area contributed by atoms with Crippen LogP contribution >= 0.6 is 0 Å². The second-order valence-corrected chi connectivity index (χ2v) is 9.37. The summed E-state index contributed by atoms with van der Waals surface area (Å²) in [4.78, 5) is 29.4. The molecule has 3 aromatic carbocycles. The van der Waals surface area contributed by atoms with Gasteiger partial charge in [-0.3, -0.25) is 4.79 Å². The van der Waals surface area contributed by atoms with Crippen molar-refractivity contribution in [3.63, 3.8) is 0 Å². The number of nitrogens with zero attached hydrogens (tertiary/aromatic N) is 3. The number of amides is 3. The molecule has 4 rings (SSSR count). The Morgan fingerprint density at radius 2 is 1.53 bits per heavy atom. The molecule has 1 aliphatic rings. The molecule has 38 heavy (non-hydrogen) atoms. The second-order valence-electron chi connectivity index (χ2n) is 9.37. The summed E-state index contributed by atoms with van der Waals surface area (Å²) in [6.45, 7) is 0.582.